The molecule has 0 aliphatic rings. The van der Waals surface area contributed by atoms with Gasteiger partial charge in [0, 0.05) is 5.02 Å². The lowest BCUT2D eigenvalue weighted by atomic mass is 10.2. The maximum Gasteiger partial charge on any atom is 0.287 e. The van der Waals surface area contributed by atoms with E-state index in [0.29, 0.717) is 16.0 Å². The molecule has 0 fully saturated rings. The summed E-state index contributed by atoms with van der Waals surface area (Å²) in [5, 5.41) is 1.26. The van der Waals surface area contributed by atoms with Crippen LogP contribution in [0.15, 0.2) is 47.9 Å². The summed E-state index contributed by atoms with van der Waals surface area (Å²) in [7, 11) is -4.06. The molecule has 24 heavy (non-hydrogen) atoms. The molecule has 2 aromatic carbocycles. The second-order valence-corrected chi connectivity index (χ2v) is 6.51. The fraction of sp³-hybridized carbons (Fsp3) is 0. The highest BCUT2D eigenvalue weighted by atomic mass is 35.5. The summed E-state index contributed by atoms with van der Waals surface area (Å²) in [6, 6.07) is 10.0. The van der Waals surface area contributed by atoms with E-state index in [1.165, 1.54) is 12.1 Å². The molecule has 0 aromatic heterocycles. The highest BCUT2D eigenvalue weighted by molar-refractivity contribution is 7.88. The van der Waals surface area contributed by atoms with Gasteiger partial charge in [0.15, 0.2) is 0 Å². The fourth-order valence-corrected chi connectivity index (χ4v) is 2.25. The lowest BCUT2D eigenvalue weighted by Gasteiger charge is -1.97. The predicted octanol–water partition coefficient (Wildman–Crippen LogP) is 3.78. The van der Waals surface area contributed by atoms with Crippen molar-refractivity contribution in [2.45, 2.75) is 0 Å². The largest absolute Gasteiger partial charge is 0.366 e. The number of primary amides is 1. The summed E-state index contributed by atoms with van der Waals surface area (Å²) in [6.45, 7) is 0. The number of benzene rings is 2. The smallest absolute Gasteiger partial charge is 0.287 e. The Morgan fingerprint density at radius 3 is 2.33 bits per heavy atom. The van der Waals surface area contributed by atoms with Crippen molar-refractivity contribution >= 4 is 45.3 Å². The van der Waals surface area contributed by atoms with Crippen LogP contribution in [0.1, 0.15) is 15.9 Å². The number of amides is 1. The van der Waals surface area contributed by atoms with E-state index in [1.54, 1.807) is 24.3 Å². The first-order valence-corrected chi connectivity index (χ1v) is 8.50. The Kier molecular flexibility index (Phi) is 7.37. The van der Waals surface area contributed by atoms with Crippen molar-refractivity contribution < 1.29 is 22.2 Å². The van der Waals surface area contributed by atoms with Crippen LogP contribution >= 0.6 is 23.2 Å². The van der Waals surface area contributed by atoms with Crippen molar-refractivity contribution in [1.82, 2.24) is 0 Å². The molecule has 0 unspecified atom stereocenters. The van der Waals surface area contributed by atoms with Crippen LogP contribution in [-0.2, 0) is 10.1 Å². The number of halogens is 3. The number of hydrogen-bond acceptors (Lipinski definition) is 3. The summed E-state index contributed by atoms with van der Waals surface area (Å²) in [6.07, 6.45) is 1.27. The molecule has 0 radical (unpaired) electrons. The molecule has 0 atom stereocenters. The summed E-state index contributed by atoms with van der Waals surface area (Å²) in [5.74, 6) is -1.14. The monoisotopic (exact) mass is 391 g/mol. The lowest BCUT2D eigenvalue weighted by Crippen LogP contribution is -2.11. The van der Waals surface area contributed by atoms with Crippen molar-refractivity contribution in [1.29, 1.82) is 0 Å². The predicted molar refractivity (Wildman–Crippen MR) is 92.0 cm³/mol. The van der Waals surface area contributed by atoms with Crippen molar-refractivity contribution in [3.05, 3.63) is 74.9 Å². The molecule has 3 N–H and O–H groups in total. The van der Waals surface area contributed by atoms with Gasteiger partial charge in [-0.1, -0.05) is 35.3 Å². The Labute approximate surface area is 148 Å². The van der Waals surface area contributed by atoms with E-state index < -0.39 is 21.8 Å². The molecule has 9 heteroatoms. The first-order valence-electron chi connectivity index (χ1n) is 6.24. The summed E-state index contributed by atoms with van der Waals surface area (Å²) in [4.78, 5) is 10.5. The zero-order valence-electron chi connectivity index (χ0n) is 12.0. The van der Waals surface area contributed by atoms with E-state index in [0.717, 1.165) is 12.1 Å². The number of rotatable bonds is 3. The summed E-state index contributed by atoms with van der Waals surface area (Å²) < 4.78 is 41.4. The van der Waals surface area contributed by atoms with Gasteiger partial charge in [-0.05, 0) is 42.0 Å². The molecule has 0 aliphatic heterocycles. The molecule has 0 aliphatic carbocycles. The molecular weight excluding hydrogens is 380 g/mol. The molecule has 1 amide bonds. The van der Waals surface area contributed by atoms with E-state index in [4.69, 9.17) is 33.5 Å². The molecule has 2 aromatic rings. The van der Waals surface area contributed by atoms with Crippen molar-refractivity contribution in [3.8, 4) is 0 Å². The lowest BCUT2D eigenvalue weighted by molar-refractivity contribution is 0.100. The van der Waals surface area contributed by atoms with Crippen LogP contribution in [0.5, 0.6) is 0 Å². The third kappa shape index (κ3) is 7.56. The molecule has 0 heterocycles. The highest BCUT2D eigenvalue weighted by Crippen LogP contribution is 2.16. The Morgan fingerprint density at radius 2 is 1.83 bits per heavy atom. The number of hydrogen-bond donors (Lipinski definition) is 2. The first kappa shape index (κ1) is 20.1. The Morgan fingerprint density at radius 1 is 1.17 bits per heavy atom. The van der Waals surface area contributed by atoms with Crippen LogP contribution in [-0.4, -0.2) is 18.9 Å². The van der Waals surface area contributed by atoms with Crippen LogP contribution in [0.4, 0.5) is 4.39 Å². The summed E-state index contributed by atoms with van der Waals surface area (Å²) in [5.41, 5.74) is 5.67. The van der Waals surface area contributed by atoms with Crippen molar-refractivity contribution in [2.75, 3.05) is 0 Å². The summed E-state index contributed by atoms with van der Waals surface area (Å²) >= 11 is 11.1. The van der Waals surface area contributed by atoms with Gasteiger partial charge in [0.2, 0.25) is 5.91 Å². The molecular formula is C15H12Cl2FNO4S. The minimum atomic E-state index is -4.06. The molecule has 0 spiro atoms. The molecule has 128 valence electrons. The highest BCUT2D eigenvalue weighted by Gasteiger charge is 2.05. The van der Waals surface area contributed by atoms with Crippen LogP contribution in [0, 0.1) is 5.82 Å². The van der Waals surface area contributed by atoms with Gasteiger partial charge in [0.05, 0.1) is 16.0 Å². The van der Waals surface area contributed by atoms with Gasteiger partial charge in [0.1, 0.15) is 5.82 Å². The van der Waals surface area contributed by atoms with Crippen LogP contribution in [0.2, 0.25) is 10.0 Å². The van der Waals surface area contributed by atoms with E-state index in [1.807, 2.05) is 0 Å². The molecule has 0 saturated heterocycles. The second kappa shape index (κ2) is 8.79. The van der Waals surface area contributed by atoms with Crippen LogP contribution in [0.25, 0.3) is 6.08 Å². The Balaban J connectivity index is 0.000000243. The number of carbonyl (C=O) groups excluding carboxylic acids is 1. The molecule has 0 saturated carbocycles. The maximum atomic E-state index is 12.4. The quantitative estimate of drug-likeness (QED) is 0.777. The molecule has 5 nitrogen and oxygen atoms in total. The van der Waals surface area contributed by atoms with Gasteiger partial charge in [-0.3, -0.25) is 9.35 Å². The average Bonchev–Trinajstić information content (AvgIpc) is 2.45. The maximum absolute atomic E-state index is 12.4. The van der Waals surface area contributed by atoms with Gasteiger partial charge < -0.3 is 5.73 Å². The first-order chi connectivity index (χ1) is 11.1. The zero-order valence-corrected chi connectivity index (χ0v) is 14.3. The fourth-order valence-electron chi connectivity index (χ4n) is 1.46. The van der Waals surface area contributed by atoms with E-state index in [9.17, 15) is 17.6 Å². The van der Waals surface area contributed by atoms with E-state index >= 15 is 0 Å². The van der Waals surface area contributed by atoms with Crippen molar-refractivity contribution in [3.63, 3.8) is 0 Å². The molecule has 2 rings (SSSR count). The average molecular weight is 392 g/mol. The third-order valence-electron chi connectivity index (χ3n) is 2.48. The van der Waals surface area contributed by atoms with Gasteiger partial charge in [0.25, 0.3) is 10.1 Å². The zero-order chi connectivity index (χ0) is 18.3. The number of nitrogens with two attached hydrogens (primary N) is 1. The Bertz CT molecular complexity index is 870. The minimum absolute atomic E-state index is 0.0394. The molecule has 0 bridgehead atoms. The SMILES string of the molecule is NC(=O)c1ccc(F)cc1Cl.O=S(=O)(O)C=Cc1cccc(Cl)c1. The standard InChI is InChI=1S/C8H7ClO3S.C7H5ClFNO/c9-8-3-1-2-7(6-8)4-5-13(10,11)12;8-6-3-4(9)1-2-5(6)7(10)11/h1-6H,(H,10,11,12);1-3H,(H2,10,11). The van der Waals surface area contributed by atoms with Gasteiger partial charge in [-0.2, -0.15) is 8.42 Å². The van der Waals surface area contributed by atoms with Crippen molar-refractivity contribution in [2.24, 2.45) is 5.73 Å². The van der Waals surface area contributed by atoms with Crippen LogP contribution in [0.3, 0.4) is 0 Å². The van der Waals surface area contributed by atoms with E-state index in [2.05, 4.69) is 0 Å². The van der Waals surface area contributed by atoms with Gasteiger partial charge in [-0.15, -0.1) is 0 Å². The topological polar surface area (TPSA) is 97.5 Å². The van der Waals surface area contributed by atoms with Crippen LogP contribution < -0.4 is 5.73 Å². The van der Waals surface area contributed by atoms with Gasteiger partial charge in [-0.25, -0.2) is 4.39 Å². The number of carbonyl (C=O) groups is 1. The normalized spacial score (nSPS) is 11.0. The Hall–Kier alpha value is -1.93. The third-order valence-corrected chi connectivity index (χ3v) is 3.51. The second-order valence-electron chi connectivity index (χ2n) is 4.36. The van der Waals surface area contributed by atoms with Gasteiger partial charge >= 0.3 is 0 Å². The van der Waals surface area contributed by atoms with E-state index in [-0.39, 0.29) is 10.6 Å². The minimum Gasteiger partial charge on any atom is -0.366 e.